The lowest BCUT2D eigenvalue weighted by molar-refractivity contribution is -0.119. The van der Waals surface area contributed by atoms with Crippen LogP contribution in [-0.2, 0) is 4.79 Å². The number of carbonyl (C=O) groups excluding carboxylic acids is 1. The highest BCUT2D eigenvalue weighted by atomic mass is 127. The fraction of sp³-hybridized carbons (Fsp3) is 0.909. The molecule has 2 aliphatic rings. The molecule has 2 fully saturated rings. The quantitative estimate of drug-likeness (QED) is 0.629. The zero-order valence-corrected chi connectivity index (χ0v) is 10.8. The number of alkyl halides is 1. The first kappa shape index (κ1) is 10.7. The highest BCUT2D eigenvalue weighted by Crippen LogP contribution is 2.49. The van der Waals surface area contributed by atoms with E-state index in [0.29, 0.717) is 10.5 Å². The van der Waals surface area contributed by atoms with Gasteiger partial charge in [-0.25, -0.2) is 0 Å². The summed E-state index contributed by atoms with van der Waals surface area (Å²) in [6, 6.07) is 0.396. The van der Waals surface area contributed by atoms with Crippen molar-refractivity contribution in [3.63, 3.8) is 0 Å². The molecule has 0 aromatic carbocycles. The smallest absolute Gasteiger partial charge is 0.230 e. The first-order valence-corrected chi connectivity index (χ1v) is 7.08. The summed E-state index contributed by atoms with van der Waals surface area (Å²) in [5.41, 5.74) is 0. The molecule has 4 unspecified atom stereocenters. The number of fused-ring (bicyclic) bond motifs is 2. The van der Waals surface area contributed by atoms with Crippen molar-refractivity contribution in [2.75, 3.05) is 4.43 Å². The molecule has 0 aromatic rings. The molecule has 2 aliphatic carbocycles. The van der Waals surface area contributed by atoms with Gasteiger partial charge in [0.15, 0.2) is 0 Å². The molecular weight excluding hydrogens is 289 g/mol. The van der Waals surface area contributed by atoms with Gasteiger partial charge in [-0.2, -0.15) is 0 Å². The predicted octanol–water partition coefficient (Wildman–Crippen LogP) is 2.36. The Bertz CT molecular complexity index is 231. The van der Waals surface area contributed by atoms with E-state index in [0.717, 1.165) is 17.8 Å². The predicted molar refractivity (Wildman–Crippen MR) is 65.4 cm³/mol. The molecule has 0 heterocycles. The highest BCUT2D eigenvalue weighted by molar-refractivity contribution is 14.1. The minimum Gasteiger partial charge on any atom is -0.353 e. The Morgan fingerprint density at radius 2 is 2.29 bits per heavy atom. The second-order valence-corrected chi connectivity index (χ2v) is 5.59. The van der Waals surface area contributed by atoms with Crippen LogP contribution < -0.4 is 5.32 Å². The largest absolute Gasteiger partial charge is 0.353 e. The Hall–Kier alpha value is 0.200. The fourth-order valence-corrected chi connectivity index (χ4v) is 3.53. The van der Waals surface area contributed by atoms with Crippen LogP contribution in [-0.4, -0.2) is 16.4 Å². The summed E-state index contributed by atoms with van der Waals surface area (Å²) < 4.78 is 0.586. The molecule has 3 heteroatoms. The third-order valence-electron chi connectivity index (χ3n) is 3.95. The fourth-order valence-electron chi connectivity index (χ4n) is 3.31. The van der Waals surface area contributed by atoms with Crippen LogP contribution in [0.4, 0.5) is 0 Å². The number of halogens is 1. The Labute approximate surface area is 99.4 Å². The third kappa shape index (κ3) is 2.07. The maximum atomic E-state index is 11.3. The lowest BCUT2D eigenvalue weighted by Gasteiger charge is -2.28. The molecule has 4 atom stereocenters. The van der Waals surface area contributed by atoms with E-state index in [9.17, 15) is 4.79 Å². The van der Waals surface area contributed by atoms with Crippen molar-refractivity contribution in [1.29, 1.82) is 0 Å². The van der Waals surface area contributed by atoms with Crippen molar-refractivity contribution in [2.45, 2.75) is 38.6 Å². The monoisotopic (exact) mass is 307 g/mol. The molecule has 1 N–H and O–H groups in total. The Morgan fingerprint density at radius 3 is 2.79 bits per heavy atom. The number of nitrogens with one attached hydrogen (secondary N) is 1. The van der Waals surface area contributed by atoms with E-state index in [2.05, 4.69) is 34.8 Å². The van der Waals surface area contributed by atoms with Crippen LogP contribution in [0.3, 0.4) is 0 Å². The van der Waals surface area contributed by atoms with E-state index < -0.39 is 0 Å². The van der Waals surface area contributed by atoms with Gasteiger partial charge in [-0.05, 0) is 43.9 Å². The first-order chi connectivity index (χ1) is 6.70. The number of hydrogen-bond acceptors (Lipinski definition) is 1. The number of hydrogen-bond donors (Lipinski definition) is 1. The second-order valence-electron chi connectivity index (χ2n) is 4.83. The normalized spacial score (nSPS) is 37.1. The van der Waals surface area contributed by atoms with Crippen molar-refractivity contribution in [3.8, 4) is 0 Å². The van der Waals surface area contributed by atoms with Crippen LogP contribution in [0.2, 0.25) is 0 Å². The minimum absolute atomic E-state index is 0.195. The van der Waals surface area contributed by atoms with Gasteiger partial charge in [0.25, 0.3) is 0 Å². The van der Waals surface area contributed by atoms with E-state index >= 15 is 0 Å². The van der Waals surface area contributed by atoms with E-state index in [1.54, 1.807) is 0 Å². The molecular formula is C11H18INO. The maximum absolute atomic E-state index is 11.3. The van der Waals surface area contributed by atoms with Crippen LogP contribution in [0.1, 0.15) is 32.6 Å². The van der Waals surface area contributed by atoms with Crippen LogP contribution >= 0.6 is 22.6 Å². The Morgan fingerprint density at radius 1 is 1.50 bits per heavy atom. The summed E-state index contributed by atoms with van der Waals surface area (Å²) in [5.74, 6) is 2.84. The van der Waals surface area contributed by atoms with Crippen molar-refractivity contribution in [3.05, 3.63) is 0 Å². The van der Waals surface area contributed by atoms with Crippen LogP contribution in [0.25, 0.3) is 0 Å². The van der Waals surface area contributed by atoms with Crippen molar-refractivity contribution >= 4 is 28.5 Å². The van der Waals surface area contributed by atoms with E-state index in [-0.39, 0.29) is 5.91 Å². The molecule has 0 aliphatic heterocycles. The van der Waals surface area contributed by atoms with Gasteiger partial charge in [-0.1, -0.05) is 29.0 Å². The summed E-state index contributed by atoms with van der Waals surface area (Å²) >= 11 is 2.12. The van der Waals surface area contributed by atoms with E-state index in [4.69, 9.17) is 0 Å². The summed E-state index contributed by atoms with van der Waals surface area (Å²) in [6.45, 7) is 2.18. The highest BCUT2D eigenvalue weighted by Gasteiger charge is 2.41. The van der Waals surface area contributed by atoms with Gasteiger partial charge in [0, 0.05) is 6.04 Å². The zero-order chi connectivity index (χ0) is 10.1. The van der Waals surface area contributed by atoms with E-state index in [1.165, 1.54) is 25.7 Å². The molecule has 0 radical (unpaired) electrons. The summed E-state index contributed by atoms with van der Waals surface area (Å²) in [4.78, 5) is 11.3. The molecule has 80 valence electrons. The molecule has 14 heavy (non-hydrogen) atoms. The van der Waals surface area contributed by atoms with Crippen molar-refractivity contribution < 1.29 is 4.79 Å². The van der Waals surface area contributed by atoms with Crippen LogP contribution in [0.5, 0.6) is 0 Å². The topological polar surface area (TPSA) is 29.1 Å². The summed E-state index contributed by atoms with van der Waals surface area (Å²) in [5, 5.41) is 3.11. The van der Waals surface area contributed by atoms with Crippen molar-refractivity contribution in [2.24, 2.45) is 17.8 Å². The molecule has 2 bridgehead atoms. The molecule has 2 nitrogen and oxygen atoms in total. The number of rotatable bonds is 3. The Kier molecular flexibility index (Phi) is 3.34. The molecule has 2 rings (SSSR count). The van der Waals surface area contributed by atoms with Gasteiger partial charge < -0.3 is 5.32 Å². The van der Waals surface area contributed by atoms with Gasteiger partial charge in [0.1, 0.15) is 0 Å². The van der Waals surface area contributed by atoms with Gasteiger partial charge in [0.05, 0.1) is 4.43 Å². The van der Waals surface area contributed by atoms with Crippen LogP contribution in [0.15, 0.2) is 0 Å². The average Bonchev–Trinajstić information content (AvgIpc) is 2.78. The average molecular weight is 307 g/mol. The van der Waals surface area contributed by atoms with E-state index in [1.807, 2.05) is 0 Å². The lowest BCUT2D eigenvalue weighted by atomic mass is 9.84. The summed E-state index contributed by atoms with van der Waals surface area (Å²) in [6.07, 6.45) is 5.62. The molecule has 0 aromatic heterocycles. The minimum atomic E-state index is 0.195. The number of amides is 1. The van der Waals surface area contributed by atoms with Crippen molar-refractivity contribution in [1.82, 2.24) is 5.32 Å². The molecule has 2 saturated carbocycles. The molecule has 1 amide bonds. The van der Waals surface area contributed by atoms with Crippen LogP contribution in [0, 0.1) is 17.8 Å². The molecule has 0 spiro atoms. The lowest BCUT2D eigenvalue weighted by Crippen LogP contribution is -2.40. The third-order valence-corrected chi connectivity index (χ3v) is 4.64. The second kappa shape index (κ2) is 4.37. The first-order valence-electron chi connectivity index (χ1n) is 5.56. The van der Waals surface area contributed by atoms with Gasteiger partial charge in [-0.3, -0.25) is 4.79 Å². The Balaban J connectivity index is 1.86. The standard InChI is InChI=1S/C11H18INO/c1-7(13-11(14)6-12)10-5-8-2-3-9(10)4-8/h7-10H,2-6H2,1H3,(H,13,14). The number of carbonyl (C=O) groups is 1. The van der Waals surface area contributed by atoms with Gasteiger partial charge in [-0.15, -0.1) is 0 Å². The summed E-state index contributed by atoms with van der Waals surface area (Å²) in [7, 11) is 0. The van der Waals surface area contributed by atoms with Gasteiger partial charge in [0.2, 0.25) is 5.91 Å². The van der Waals surface area contributed by atoms with Gasteiger partial charge >= 0.3 is 0 Å². The molecule has 0 saturated heterocycles. The maximum Gasteiger partial charge on any atom is 0.230 e. The zero-order valence-electron chi connectivity index (χ0n) is 8.63. The SMILES string of the molecule is CC(NC(=O)CI)C1CC2CCC1C2.